The normalized spacial score (nSPS) is 8.73. The van der Waals surface area contributed by atoms with Crippen LogP contribution >= 0.6 is 0 Å². The van der Waals surface area contributed by atoms with Crippen molar-refractivity contribution in [3.63, 3.8) is 0 Å². The zero-order valence-corrected chi connectivity index (χ0v) is 35.0. The summed E-state index contributed by atoms with van der Waals surface area (Å²) >= 11 is 0. The van der Waals surface area contributed by atoms with Gasteiger partial charge in [0.1, 0.15) is 0 Å². The van der Waals surface area contributed by atoms with Crippen LogP contribution in [0, 0.1) is 26.7 Å². The van der Waals surface area contributed by atoms with Crippen LogP contribution in [-0.2, 0) is 0 Å². The first-order valence-corrected chi connectivity index (χ1v) is 18.7. The van der Waals surface area contributed by atoms with E-state index in [2.05, 4.69) is 157 Å². The fourth-order valence-corrected chi connectivity index (χ4v) is 4.17. The van der Waals surface area contributed by atoms with Gasteiger partial charge < -0.3 is 0 Å². The predicted octanol–water partition coefficient (Wildman–Crippen LogP) is 16.8. The van der Waals surface area contributed by atoms with E-state index in [0.29, 0.717) is 0 Å². The Morgan fingerprint density at radius 1 is 0.633 bits per heavy atom. The van der Waals surface area contributed by atoms with Crippen LogP contribution in [-0.4, -0.2) is 0 Å². The molecule has 0 nitrogen and oxygen atoms in total. The predicted molar refractivity (Wildman–Crippen MR) is 233 cm³/mol. The van der Waals surface area contributed by atoms with E-state index in [0.717, 1.165) is 11.5 Å². The largest absolute Gasteiger partial charge is 0.0988 e. The van der Waals surface area contributed by atoms with E-state index in [1.165, 1.54) is 76.6 Å². The van der Waals surface area contributed by atoms with Gasteiger partial charge in [-0.15, -0.1) is 0 Å². The quantitative estimate of drug-likeness (QED) is 0.199. The van der Waals surface area contributed by atoms with Crippen LogP contribution < -0.4 is 0 Å². The second-order valence-electron chi connectivity index (χ2n) is 12.1. The molecule has 0 fully saturated rings. The molecule has 0 saturated heterocycles. The first-order valence-electron chi connectivity index (χ1n) is 18.7. The third kappa shape index (κ3) is 32.7. The highest BCUT2D eigenvalue weighted by Crippen LogP contribution is 2.19. The van der Waals surface area contributed by atoms with Crippen molar-refractivity contribution in [2.75, 3.05) is 0 Å². The molecular formula is C49H78. The van der Waals surface area contributed by atoms with Crippen LogP contribution in [0.25, 0.3) is 11.6 Å². The average Bonchev–Trinajstić information content (AvgIpc) is 3.11. The number of hydrogen-bond acceptors (Lipinski definition) is 0. The Labute approximate surface area is 307 Å². The number of benzene rings is 3. The maximum Gasteiger partial charge on any atom is -0.0161 e. The van der Waals surface area contributed by atoms with E-state index in [-0.39, 0.29) is 0 Å². The van der Waals surface area contributed by atoms with Crippen molar-refractivity contribution in [1.29, 1.82) is 0 Å². The van der Waals surface area contributed by atoms with E-state index >= 15 is 0 Å². The van der Waals surface area contributed by atoms with Gasteiger partial charge >= 0.3 is 0 Å². The lowest BCUT2D eigenvalue weighted by Crippen LogP contribution is -1.96. The van der Waals surface area contributed by atoms with Gasteiger partial charge in [-0.3, -0.25) is 0 Å². The zero-order valence-electron chi connectivity index (χ0n) is 35.0. The van der Waals surface area contributed by atoms with E-state index in [1.807, 2.05) is 64.1 Å². The minimum absolute atomic E-state index is 1.01. The molecule has 3 rings (SSSR count). The summed E-state index contributed by atoms with van der Waals surface area (Å²) in [5.74, 6) is 1.01. The minimum atomic E-state index is 1.01. The smallest absolute Gasteiger partial charge is 0.0161 e. The molecule has 0 aromatic heterocycles. The number of rotatable bonds is 9. The molecule has 274 valence electrons. The van der Waals surface area contributed by atoms with E-state index in [9.17, 15) is 0 Å². The Bertz CT molecular complexity index is 1230. The molecule has 0 atom stereocenters. The summed E-state index contributed by atoms with van der Waals surface area (Å²) < 4.78 is 0. The van der Waals surface area contributed by atoms with Gasteiger partial charge in [-0.05, 0) is 83.6 Å². The molecule has 0 aliphatic heterocycles. The van der Waals surface area contributed by atoms with E-state index in [4.69, 9.17) is 0 Å². The lowest BCUT2D eigenvalue weighted by Gasteiger charge is -2.10. The van der Waals surface area contributed by atoms with Gasteiger partial charge in [0.25, 0.3) is 0 Å². The van der Waals surface area contributed by atoms with Crippen LogP contribution in [0.15, 0.2) is 127 Å². The summed E-state index contributed by atoms with van der Waals surface area (Å²) in [6.07, 6.45) is 12.8. The van der Waals surface area contributed by atoms with Crippen molar-refractivity contribution >= 4 is 11.6 Å². The molecular weight excluding hydrogens is 589 g/mol. The molecule has 49 heavy (non-hydrogen) atoms. The summed E-state index contributed by atoms with van der Waals surface area (Å²) in [5.41, 5.74) is 11.3. The van der Waals surface area contributed by atoms with Gasteiger partial charge in [-0.2, -0.15) is 0 Å². The Morgan fingerprint density at radius 2 is 1.08 bits per heavy atom. The molecule has 0 spiro atoms. The maximum atomic E-state index is 4.05. The summed E-state index contributed by atoms with van der Waals surface area (Å²) in [5, 5.41) is 0. The van der Waals surface area contributed by atoms with E-state index < -0.39 is 0 Å². The Balaban J connectivity index is -0.000000256. The third-order valence-electron chi connectivity index (χ3n) is 7.27. The first kappa shape index (κ1) is 52.2. The standard InChI is InChI=1S/C13H16.C9H10.C9H20.C7H8.C7H12.2C2H6/c1-10(2)9-12(4)13-8-6-5-7-11(13)3;1-3-9-6-4-8(2)5-7-9;1-4-7-9(6-3)8-5-2;1-7-5-3-2-4-6-7;1-5-7(4)6(2)3;2*1-2/h5-9H,4H2,1-3H3;3-7H,1H2,2H3;9H,4-8H2,1-3H3;2-6H,1H3;5H,1H2,2-4H3;2*1-2H3. The minimum Gasteiger partial charge on any atom is -0.0988 e. The van der Waals surface area contributed by atoms with Gasteiger partial charge in [0, 0.05) is 0 Å². The fourth-order valence-electron chi connectivity index (χ4n) is 4.17. The van der Waals surface area contributed by atoms with Crippen molar-refractivity contribution in [2.45, 2.75) is 136 Å². The molecule has 0 heterocycles. The lowest BCUT2D eigenvalue weighted by atomic mass is 9.96. The molecule has 0 N–H and O–H groups in total. The first-order chi connectivity index (χ1) is 23.4. The van der Waals surface area contributed by atoms with E-state index in [1.54, 1.807) is 0 Å². The van der Waals surface area contributed by atoms with Crippen LogP contribution in [0.4, 0.5) is 0 Å². The van der Waals surface area contributed by atoms with Crippen LogP contribution in [0.2, 0.25) is 0 Å². The summed E-state index contributed by atoms with van der Waals surface area (Å²) in [7, 11) is 0. The molecule has 0 radical (unpaired) electrons. The maximum absolute atomic E-state index is 4.05. The SMILES string of the molecule is C=C(C=C(C)C)c1ccccc1C.C=CC(C)=C(C)C.C=Cc1ccc(C)cc1.CC.CC.CCCC(CC)CCC.Cc1ccccc1. The third-order valence-corrected chi connectivity index (χ3v) is 7.27. The average molecular weight is 667 g/mol. The molecule has 3 aromatic rings. The van der Waals surface area contributed by atoms with Crippen molar-refractivity contribution in [1.82, 2.24) is 0 Å². The highest BCUT2D eigenvalue weighted by atomic mass is 14.1. The lowest BCUT2D eigenvalue weighted by molar-refractivity contribution is 0.427. The molecule has 0 saturated carbocycles. The highest BCUT2D eigenvalue weighted by Gasteiger charge is 2.01. The molecule has 3 aromatic carbocycles. The molecule has 0 amide bonds. The van der Waals surface area contributed by atoms with Crippen molar-refractivity contribution in [3.05, 3.63) is 155 Å². The van der Waals surface area contributed by atoms with Gasteiger partial charge in [0.15, 0.2) is 0 Å². The van der Waals surface area contributed by atoms with Crippen LogP contribution in [0.3, 0.4) is 0 Å². The molecule has 0 bridgehead atoms. The Morgan fingerprint density at radius 3 is 1.39 bits per heavy atom. The van der Waals surface area contributed by atoms with Gasteiger partial charge in [-0.1, -0.05) is 225 Å². The highest BCUT2D eigenvalue weighted by molar-refractivity contribution is 5.74. The molecule has 0 unspecified atom stereocenters. The van der Waals surface area contributed by atoms with Crippen molar-refractivity contribution in [2.24, 2.45) is 5.92 Å². The summed E-state index contributed by atoms with van der Waals surface area (Å²) in [6.45, 7) is 42.9. The number of allylic oxidation sites excluding steroid dienone is 6. The number of hydrogen-bond donors (Lipinski definition) is 0. The van der Waals surface area contributed by atoms with Gasteiger partial charge in [0.05, 0.1) is 0 Å². The second-order valence-corrected chi connectivity index (χ2v) is 12.1. The van der Waals surface area contributed by atoms with Crippen molar-refractivity contribution in [3.8, 4) is 0 Å². The van der Waals surface area contributed by atoms with Gasteiger partial charge in [0.2, 0.25) is 0 Å². The fraction of sp³-hybridized carbons (Fsp3) is 0.429. The summed E-state index contributed by atoms with van der Waals surface area (Å²) in [6, 6.07) is 26.9. The summed E-state index contributed by atoms with van der Waals surface area (Å²) in [4.78, 5) is 0. The van der Waals surface area contributed by atoms with Gasteiger partial charge in [-0.25, -0.2) is 0 Å². The Kier molecular flexibility index (Phi) is 39.6. The monoisotopic (exact) mass is 667 g/mol. The molecule has 0 aliphatic rings. The molecule has 0 heteroatoms. The van der Waals surface area contributed by atoms with Crippen molar-refractivity contribution < 1.29 is 0 Å². The topological polar surface area (TPSA) is 0 Å². The van der Waals surface area contributed by atoms with Crippen LogP contribution in [0.5, 0.6) is 0 Å². The Hall–Kier alpha value is -3.64. The van der Waals surface area contributed by atoms with Crippen LogP contribution in [0.1, 0.15) is 143 Å². The second kappa shape index (κ2) is 37.2. The number of aryl methyl sites for hydroxylation is 3. The molecule has 0 aliphatic carbocycles. The zero-order chi connectivity index (χ0) is 38.6.